The quantitative estimate of drug-likeness (QED) is 0.471. The Labute approximate surface area is 143 Å². The summed E-state index contributed by atoms with van der Waals surface area (Å²) in [6.07, 6.45) is 6.01. The van der Waals surface area contributed by atoms with Gasteiger partial charge in [0.05, 0.1) is 6.26 Å². The molecule has 0 spiro atoms. The molecule has 1 aromatic carbocycles. The van der Waals surface area contributed by atoms with Gasteiger partial charge in [-0.05, 0) is 53.6 Å². The molecule has 3 aromatic heterocycles. The molecular weight excluding hydrogens is 321 g/mol. The van der Waals surface area contributed by atoms with Crippen LogP contribution in [0.2, 0.25) is 0 Å². The molecule has 0 amide bonds. The number of thiophene rings is 1. The van der Waals surface area contributed by atoms with Gasteiger partial charge >= 0.3 is 0 Å². The van der Waals surface area contributed by atoms with Crippen molar-refractivity contribution in [1.29, 1.82) is 0 Å². The number of halogens is 1. The van der Waals surface area contributed by atoms with Gasteiger partial charge in [-0.15, -0.1) is 11.3 Å². The van der Waals surface area contributed by atoms with E-state index in [1.165, 1.54) is 17.0 Å². The molecule has 0 aliphatic heterocycles. The molecule has 0 saturated heterocycles. The van der Waals surface area contributed by atoms with Crippen molar-refractivity contribution in [3.8, 4) is 21.6 Å². The predicted octanol–water partition coefficient (Wildman–Crippen LogP) is 5.80. The van der Waals surface area contributed by atoms with Crippen molar-refractivity contribution < 1.29 is 8.81 Å². The Morgan fingerprint density at radius 1 is 0.958 bits per heavy atom. The molecule has 0 aliphatic carbocycles. The fourth-order valence-electron chi connectivity index (χ4n) is 2.68. The zero-order valence-corrected chi connectivity index (χ0v) is 13.6. The van der Waals surface area contributed by atoms with Gasteiger partial charge in [-0.2, -0.15) is 0 Å². The Balaban J connectivity index is 1.80. The molecule has 0 unspecified atom stereocenters. The fourth-order valence-corrected chi connectivity index (χ4v) is 3.87. The summed E-state index contributed by atoms with van der Waals surface area (Å²) in [5.74, 6) is 0.708. The van der Waals surface area contributed by atoms with Gasteiger partial charge < -0.3 is 4.42 Å². The monoisotopic (exact) mass is 335 g/mol. The molecule has 118 valence electrons. The molecule has 4 rings (SSSR count). The van der Waals surface area contributed by atoms with Crippen molar-refractivity contribution >= 4 is 11.3 Å². The summed E-state index contributed by atoms with van der Waals surface area (Å²) < 4.78 is 18.7. The first-order valence-electron chi connectivity index (χ1n) is 7.61. The summed E-state index contributed by atoms with van der Waals surface area (Å²) in [7, 11) is 0. The van der Waals surface area contributed by atoms with E-state index >= 15 is 0 Å². The van der Waals surface area contributed by atoms with E-state index in [0.29, 0.717) is 0 Å². The highest BCUT2D eigenvalue weighted by Gasteiger charge is 2.14. The zero-order chi connectivity index (χ0) is 16.4. The third-order valence-corrected chi connectivity index (χ3v) is 4.99. The summed E-state index contributed by atoms with van der Waals surface area (Å²) in [6, 6.07) is 16.7. The van der Waals surface area contributed by atoms with E-state index in [2.05, 4.69) is 11.1 Å². The van der Waals surface area contributed by atoms with Gasteiger partial charge in [-0.25, -0.2) is 4.39 Å². The van der Waals surface area contributed by atoms with E-state index in [-0.39, 0.29) is 5.82 Å². The van der Waals surface area contributed by atoms with Crippen LogP contribution in [0.1, 0.15) is 10.6 Å². The Kier molecular flexibility index (Phi) is 3.97. The number of pyridine rings is 1. The zero-order valence-electron chi connectivity index (χ0n) is 12.8. The standard InChI is InChI=1S/C20H14FNOS/c21-16-5-3-15(4-6-16)20-19(14-7-9-22-10-8-14)13-18(24-20)12-17-2-1-11-23-17/h1-11,13H,12H2. The second-order valence-corrected chi connectivity index (χ2v) is 6.59. The van der Waals surface area contributed by atoms with Crippen LogP contribution in [-0.2, 0) is 6.42 Å². The van der Waals surface area contributed by atoms with Gasteiger partial charge in [-0.3, -0.25) is 4.98 Å². The second kappa shape index (κ2) is 6.42. The van der Waals surface area contributed by atoms with Crippen molar-refractivity contribution in [2.75, 3.05) is 0 Å². The van der Waals surface area contributed by atoms with E-state index < -0.39 is 0 Å². The van der Waals surface area contributed by atoms with Gasteiger partial charge in [0.1, 0.15) is 11.6 Å². The van der Waals surface area contributed by atoms with Gasteiger partial charge in [0.25, 0.3) is 0 Å². The summed E-state index contributed by atoms with van der Waals surface area (Å²) in [5.41, 5.74) is 3.25. The van der Waals surface area contributed by atoms with E-state index in [9.17, 15) is 4.39 Å². The second-order valence-electron chi connectivity index (χ2n) is 5.45. The van der Waals surface area contributed by atoms with E-state index in [0.717, 1.165) is 33.7 Å². The van der Waals surface area contributed by atoms with Gasteiger partial charge in [0, 0.05) is 34.1 Å². The third-order valence-electron chi connectivity index (χ3n) is 3.81. The summed E-state index contributed by atoms with van der Waals surface area (Å²) in [6.45, 7) is 0. The SMILES string of the molecule is Fc1ccc(-c2sc(Cc3ccco3)cc2-c2ccncc2)cc1. The highest BCUT2D eigenvalue weighted by Crippen LogP contribution is 2.40. The average molecular weight is 335 g/mol. The van der Waals surface area contributed by atoms with Crippen LogP contribution >= 0.6 is 11.3 Å². The number of rotatable bonds is 4. The fraction of sp³-hybridized carbons (Fsp3) is 0.0500. The lowest BCUT2D eigenvalue weighted by molar-refractivity contribution is 0.522. The first kappa shape index (κ1) is 14.8. The molecule has 24 heavy (non-hydrogen) atoms. The van der Waals surface area contributed by atoms with E-state index in [1.807, 2.05) is 36.4 Å². The molecule has 0 bridgehead atoms. The van der Waals surface area contributed by atoms with Crippen LogP contribution in [0.3, 0.4) is 0 Å². The minimum absolute atomic E-state index is 0.225. The molecule has 0 N–H and O–H groups in total. The van der Waals surface area contributed by atoms with Crippen LogP contribution in [0.4, 0.5) is 4.39 Å². The Hall–Kier alpha value is -2.72. The summed E-state index contributed by atoms with van der Waals surface area (Å²) in [4.78, 5) is 6.42. The van der Waals surface area contributed by atoms with Gasteiger partial charge in [0.15, 0.2) is 0 Å². The first-order valence-corrected chi connectivity index (χ1v) is 8.43. The normalized spacial score (nSPS) is 10.9. The predicted molar refractivity (Wildman–Crippen MR) is 94.5 cm³/mol. The summed E-state index contributed by atoms with van der Waals surface area (Å²) in [5, 5.41) is 0. The van der Waals surface area contributed by atoms with Crippen LogP contribution in [0.15, 0.2) is 77.7 Å². The van der Waals surface area contributed by atoms with Crippen LogP contribution in [0.25, 0.3) is 21.6 Å². The number of benzene rings is 1. The topological polar surface area (TPSA) is 26.0 Å². The van der Waals surface area contributed by atoms with E-state index in [4.69, 9.17) is 4.42 Å². The molecule has 0 radical (unpaired) electrons. The lowest BCUT2D eigenvalue weighted by atomic mass is 10.0. The van der Waals surface area contributed by atoms with E-state index in [1.54, 1.807) is 30.0 Å². The third kappa shape index (κ3) is 3.01. The van der Waals surface area contributed by atoms with Crippen molar-refractivity contribution in [2.45, 2.75) is 6.42 Å². The molecular formula is C20H14FNOS. The highest BCUT2D eigenvalue weighted by atomic mass is 32.1. The molecule has 4 heteroatoms. The Morgan fingerprint density at radius 2 is 1.75 bits per heavy atom. The summed E-state index contributed by atoms with van der Waals surface area (Å²) >= 11 is 1.71. The van der Waals surface area contributed by atoms with Crippen molar-refractivity contribution in [3.05, 3.63) is 89.7 Å². The van der Waals surface area contributed by atoms with Crippen LogP contribution in [-0.4, -0.2) is 4.98 Å². The van der Waals surface area contributed by atoms with Crippen LogP contribution < -0.4 is 0 Å². The average Bonchev–Trinajstić information content (AvgIpc) is 3.27. The number of furan rings is 1. The molecule has 2 nitrogen and oxygen atoms in total. The minimum atomic E-state index is -0.225. The molecule has 3 heterocycles. The molecule has 4 aromatic rings. The van der Waals surface area contributed by atoms with Gasteiger partial charge in [-0.1, -0.05) is 12.1 Å². The van der Waals surface area contributed by atoms with Crippen molar-refractivity contribution in [2.24, 2.45) is 0 Å². The maximum absolute atomic E-state index is 13.3. The maximum atomic E-state index is 13.3. The maximum Gasteiger partial charge on any atom is 0.123 e. The largest absolute Gasteiger partial charge is 0.469 e. The number of nitrogens with zero attached hydrogens (tertiary/aromatic N) is 1. The molecule has 0 fully saturated rings. The highest BCUT2D eigenvalue weighted by molar-refractivity contribution is 7.16. The van der Waals surface area contributed by atoms with Crippen LogP contribution in [0, 0.1) is 5.82 Å². The van der Waals surface area contributed by atoms with Crippen molar-refractivity contribution in [1.82, 2.24) is 4.98 Å². The number of hydrogen-bond donors (Lipinski definition) is 0. The molecule has 0 saturated carbocycles. The minimum Gasteiger partial charge on any atom is -0.469 e. The lowest BCUT2D eigenvalue weighted by Crippen LogP contribution is -1.81. The van der Waals surface area contributed by atoms with Gasteiger partial charge in [0.2, 0.25) is 0 Å². The number of hydrogen-bond acceptors (Lipinski definition) is 3. The van der Waals surface area contributed by atoms with Crippen molar-refractivity contribution in [3.63, 3.8) is 0 Å². The smallest absolute Gasteiger partial charge is 0.123 e. The molecule has 0 aliphatic rings. The Bertz CT molecular complexity index is 928. The Morgan fingerprint density at radius 3 is 2.46 bits per heavy atom. The lowest BCUT2D eigenvalue weighted by Gasteiger charge is -2.04. The van der Waals surface area contributed by atoms with Crippen LogP contribution in [0.5, 0.6) is 0 Å². The molecule has 0 atom stereocenters. The number of aromatic nitrogens is 1. The first-order chi connectivity index (χ1) is 11.8.